The zero-order valence-corrected chi connectivity index (χ0v) is 17.0. The Hall–Kier alpha value is -0.780. The Labute approximate surface area is 161 Å². The van der Waals surface area contributed by atoms with E-state index in [4.69, 9.17) is 0 Å². The van der Waals surface area contributed by atoms with Crippen LogP contribution in [0.1, 0.15) is 44.9 Å². The Kier molecular flexibility index (Phi) is 6.52. The Bertz CT molecular complexity index is 580. The van der Waals surface area contributed by atoms with E-state index in [-0.39, 0.29) is 24.0 Å². The lowest BCUT2D eigenvalue weighted by Crippen LogP contribution is -2.23. The van der Waals surface area contributed by atoms with Gasteiger partial charge < -0.3 is 15.1 Å². The molecule has 3 aliphatic rings. The van der Waals surface area contributed by atoms with Crippen LogP contribution >= 0.6 is 11.8 Å². The van der Waals surface area contributed by atoms with Gasteiger partial charge in [-0.05, 0) is 56.1 Å². The number of hydrogen-bond acceptors (Lipinski definition) is 4. The van der Waals surface area contributed by atoms with Crippen LogP contribution in [0.2, 0.25) is 0 Å². The Morgan fingerprint density at radius 2 is 1.96 bits per heavy atom. The van der Waals surface area contributed by atoms with Gasteiger partial charge in [0.05, 0.1) is 17.1 Å². The molecule has 0 aliphatic heterocycles. The Morgan fingerprint density at radius 1 is 1.27 bits per heavy atom. The largest absolute Gasteiger partial charge is 0.392 e. The molecule has 146 valence electrons. The van der Waals surface area contributed by atoms with E-state index in [0.29, 0.717) is 17.8 Å². The van der Waals surface area contributed by atoms with E-state index in [0.717, 1.165) is 37.0 Å². The summed E-state index contributed by atoms with van der Waals surface area (Å²) in [6, 6.07) is 0. The van der Waals surface area contributed by atoms with E-state index in [1.54, 1.807) is 30.8 Å². The fraction of sp³-hybridized carbons (Fsp3) is 0.762. The van der Waals surface area contributed by atoms with Gasteiger partial charge in [0.1, 0.15) is 0 Å². The molecule has 0 aromatic rings. The van der Waals surface area contributed by atoms with Crippen LogP contribution in [0.3, 0.4) is 0 Å². The number of thioether (sulfide) groups is 1. The minimum absolute atomic E-state index is 0.0942. The average molecular weight is 380 g/mol. The van der Waals surface area contributed by atoms with Crippen molar-refractivity contribution in [1.82, 2.24) is 4.90 Å². The molecule has 0 spiro atoms. The molecule has 1 amide bonds. The zero-order valence-electron chi connectivity index (χ0n) is 16.2. The van der Waals surface area contributed by atoms with E-state index in [1.165, 1.54) is 18.4 Å². The van der Waals surface area contributed by atoms with E-state index in [9.17, 15) is 15.0 Å². The number of aliphatic hydroxyl groups excluding tert-OH is 2. The summed E-state index contributed by atoms with van der Waals surface area (Å²) in [5.41, 5.74) is 1.26. The molecule has 3 saturated carbocycles. The topological polar surface area (TPSA) is 60.8 Å². The van der Waals surface area contributed by atoms with Gasteiger partial charge in [0.25, 0.3) is 5.91 Å². The van der Waals surface area contributed by atoms with Crippen molar-refractivity contribution < 1.29 is 15.0 Å². The van der Waals surface area contributed by atoms with E-state index >= 15 is 0 Å². The summed E-state index contributed by atoms with van der Waals surface area (Å²) in [6.07, 6.45) is 12.6. The normalized spacial score (nSPS) is 35.1. The maximum atomic E-state index is 12.4. The van der Waals surface area contributed by atoms with Crippen LogP contribution in [-0.4, -0.2) is 53.6 Å². The summed E-state index contributed by atoms with van der Waals surface area (Å²) in [5.74, 6) is 1.43. The standard InChI is InChI=1S/C21H33NO3S/c1-22(2)21(25)20(26-3)15-10-14-12-19(24)16(17(14)11-15)8-9-18(23)13-6-4-5-7-13/h8-9,13-14,16-19,23-24H,4-7,10-12H2,1-3H3/t14-,16+,17-,18+,19+/m0/s1. The molecular weight excluding hydrogens is 346 g/mol. The Morgan fingerprint density at radius 3 is 2.58 bits per heavy atom. The molecule has 2 N–H and O–H groups in total. The monoisotopic (exact) mass is 379 g/mol. The predicted molar refractivity (Wildman–Crippen MR) is 107 cm³/mol. The molecular formula is C21H33NO3S. The summed E-state index contributed by atoms with van der Waals surface area (Å²) in [7, 11) is 3.60. The molecule has 5 atom stereocenters. The summed E-state index contributed by atoms with van der Waals surface area (Å²) < 4.78 is 0. The summed E-state index contributed by atoms with van der Waals surface area (Å²) in [4.78, 5) is 15.0. The minimum atomic E-state index is -0.378. The van der Waals surface area contributed by atoms with Gasteiger partial charge in [-0.15, -0.1) is 11.8 Å². The lowest BCUT2D eigenvalue weighted by molar-refractivity contribution is -0.124. The smallest absolute Gasteiger partial charge is 0.259 e. The predicted octanol–water partition coefficient (Wildman–Crippen LogP) is 3.21. The first-order chi connectivity index (χ1) is 12.4. The number of carbonyl (C=O) groups excluding carboxylic acids is 1. The zero-order chi connectivity index (χ0) is 18.8. The maximum absolute atomic E-state index is 12.4. The van der Waals surface area contributed by atoms with Gasteiger partial charge in [-0.2, -0.15) is 0 Å². The number of carbonyl (C=O) groups is 1. The molecule has 26 heavy (non-hydrogen) atoms. The van der Waals surface area contributed by atoms with Crippen LogP contribution in [0.4, 0.5) is 0 Å². The molecule has 0 aromatic heterocycles. The fourth-order valence-electron chi connectivity index (χ4n) is 5.20. The van der Waals surface area contributed by atoms with E-state index in [2.05, 4.69) is 6.08 Å². The number of amides is 1. The average Bonchev–Trinajstić information content (AvgIpc) is 3.30. The molecule has 3 rings (SSSR count). The SMILES string of the molecule is CSC(C(=O)N(C)C)=C1C[C@H]2C[C@@H](O)[C@H](C=C[C@@H](O)C3CCCC3)[C@H]2C1. The van der Waals surface area contributed by atoms with Crippen molar-refractivity contribution in [2.24, 2.45) is 23.7 Å². The van der Waals surface area contributed by atoms with Crippen LogP contribution in [0.5, 0.6) is 0 Å². The number of nitrogens with zero attached hydrogens (tertiary/aromatic N) is 1. The third-order valence-electron chi connectivity index (χ3n) is 6.62. The van der Waals surface area contributed by atoms with Gasteiger partial charge in [0.15, 0.2) is 0 Å². The third kappa shape index (κ3) is 4.05. The summed E-state index contributed by atoms with van der Waals surface area (Å²) >= 11 is 1.55. The van der Waals surface area contributed by atoms with Crippen molar-refractivity contribution in [2.45, 2.75) is 57.2 Å². The number of aliphatic hydroxyl groups is 2. The van der Waals surface area contributed by atoms with Gasteiger partial charge in [-0.1, -0.05) is 30.6 Å². The van der Waals surface area contributed by atoms with Gasteiger partial charge in [0, 0.05) is 20.0 Å². The molecule has 3 aliphatic carbocycles. The number of rotatable bonds is 5. The Balaban J connectivity index is 1.71. The van der Waals surface area contributed by atoms with E-state index in [1.807, 2.05) is 12.3 Å². The fourth-order valence-corrected chi connectivity index (χ4v) is 6.02. The second-order valence-corrected chi connectivity index (χ2v) is 9.29. The van der Waals surface area contributed by atoms with Gasteiger partial charge in [-0.25, -0.2) is 0 Å². The lowest BCUT2D eigenvalue weighted by Gasteiger charge is -2.20. The molecule has 0 bridgehead atoms. The maximum Gasteiger partial charge on any atom is 0.259 e. The van der Waals surface area contributed by atoms with Crippen molar-refractivity contribution >= 4 is 17.7 Å². The number of fused-ring (bicyclic) bond motifs is 1. The van der Waals surface area contributed by atoms with Gasteiger partial charge in [0.2, 0.25) is 0 Å². The van der Waals surface area contributed by atoms with Crippen molar-refractivity contribution in [3.05, 3.63) is 22.6 Å². The second-order valence-electron chi connectivity index (χ2n) is 8.47. The first-order valence-corrected chi connectivity index (χ1v) is 11.2. The number of hydrogen-bond donors (Lipinski definition) is 2. The molecule has 0 unspecified atom stereocenters. The highest BCUT2D eigenvalue weighted by Gasteiger charge is 2.46. The summed E-state index contributed by atoms with van der Waals surface area (Å²) in [6.45, 7) is 0. The van der Waals surface area contributed by atoms with Crippen molar-refractivity contribution in [1.29, 1.82) is 0 Å². The highest BCUT2D eigenvalue weighted by atomic mass is 32.2. The van der Waals surface area contributed by atoms with Crippen LogP contribution in [0.25, 0.3) is 0 Å². The van der Waals surface area contributed by atoms with Crippen LogP contribution in [0.15, 0.2) is 22.6 Å². The molecule has 3 fully saturated rings. The van der Waals surface area contributed by atoms with Crippen molar-refractivity contribution in [3.63, 3.8) is 0 Å². The molecule has 0 aromatic carbocycles. The summed E-state index contributed by atoms with van der Waals surface area (Å²) in [5, 5.41) is 20.9. The quantitative estimate of drug-likeness (QED) is 0.569. The molecule has 5 heteroatoms. The first-order valence-electron chi connectivity index (χ1n) is 9.94. The molecule has 0 saturated heterocycles. The number of allylic oxidation sites excluding steroid dienone is 1. The van der Waals surface area contributed by atoms with Crippen LogP contribution < -0.4 is 0 Å². The van der Waals surface area contributed by atoms with Crippen LogP contribution in [0, 0.1) is 23.7 Å². The highest BCUT2D eigenvalue weighted by Crippen LogP contribution is 2.52. The van der Waals surface area contributed by atoms with Crippen molar-refractivity contribution in [2.75, 3.05) is 20.4 Å². The highest BCUT2D eigenvalue weighted by molar-refractivity contribution is 8.03. The molecule has 0 radical (unpaired) electrons. The van der Waals surface area contributed by atoms with Gasteiger partial charge >= 0.3 is 0 Å². The minimum Gasteiger partial charge on any atom is -0.392 e. The van der Waals surface area contributed by atoms with E-state index < -0.39 is 0 Å². The third-order valence-corrected chi connectivity index (χ3v) is 7.49. The second kappa shape index (κ2) is 8.49. The van der Waals surface area contributed by atoms with Crippen molar-refractivity contribution in [3.8, 4) is 0 Å². The molecule has 4 nitrogen and oxygen atoms in total. The number of likely N-dealkylation sites (N-methyl/N-ethyl adjacent to an activating group) is 1. The first kappa shape index (κ1) is 20.0. The van der Waals surface area contributed by atoms with Crippen LogP contribution in [-0.2, 0) is 4.79 Å². The van der Waals surface area contributed by atoms with Gasteiger partial charge in [-0.3, -0.25) is 4.79 Å². The lowest BCUT2D eigenvalue weighted by atomic mass is 9.89. The molecule has 0 heterocycles.